The molecule has 2 aromatic rings. The zero-order valence-electron chi connectivity index (χ0n) is 15.3. The van der Waals surface area contributed by atoms with Gasteiger partial charge in [-0.2, -0.15) is 0 Å². The van der Waals surface area contributed by atoms with Crippen LogP contribution in [0.15, 0.2) is 46.6 Å². The van der Waals surface area contributed by atoms with E-state index in [1.807, 2.05) is 6.92 Å². The molecule has 0 saturated carbocycles. The highest BCUT2D eigenvalue weighted by Crippen LogP contribution is 2.35. The minimum Gasteiger partial charge on any atom is -0.493 e. The predicted octanol–water partition coefficient (Wildman–Crippen LogP) is 4.09. The topological polar surface area (TPSA) is 67.9 Å². The maximum Gasteiger partial charge on any atom is 0.329 e. The van der Waals surface area contributed by atoms with Crippen LogP contribution in [0.4, 0.5) is 9.18 Å². The Balaban J connectivity index is 1.89. The van der Waals surface area contributed by atoms with E-state index >= 15 is 0 Å². The molecule has 6 nitrogen and oxygen atoms in total. The van der Waals surface area contributed by atoms with Gasteiger partial charge in [0.15, 0.2) is 11.5 Å². The number of urea groups is 1. The number of carbonyl (C=O) groups excluding carboxylic acids is 2. The number of hydrogen-bond donors (Lipinski definition) is 1. The maximum atomic E-state index is 13.9. The number of hydrogen-bond acceptors (Lipinski definition) is 4. The molecule has 28 heavy (non-hydrogen) atoms. The molecule has 1 fully saturated rings. The molecule has 1 saturated heterocycles. The molecule has 146 valence electrons. The van der Waals surface area contributed by atoms with Gasteiger partial charge in [0.2, 0.25) is 0 Å². The SMILES string of the molecule is CCOc1cc(/C=C2\NC(=O)N(Cc3ccccc3F)C2=O)c(Br)cc1OC. The van der Waals surface area contributed by atoms with Gasteiger partial charge in [0.1, 0.15) is 11.5 Å². The van der Waals surface area contributed by atoms with Crippen molar-refractivity contribution in [1.29, 1.82) is 0 Å². The molecule has 0 spiro atoms. The number of nitrogens with zero attached hydrogens (tertiary/aromatic N) is 1. The monoisotopic (exact) mass is 448 g/mol. The molecule has 1 heterocycles. The minimum absolute atomic E-state index is 0.0923. The van der Waals surface area contributed by atoms with Crippen LogP contribution in [0.1, 0.15) is 18.1 Å². The zero-order valence-corrected chi connectivity index (χ0v) is 16.9. The van der Waals surface area contributed by atoms with E-state index in [-0.39, 0.29) is 17.8 Å². The maximum absolute atomic E-state index is 13.9. The number of nitrogens with one attached hydrogen (secondary N) is 1. The van der Waals surface area contributed by atoms with Crippen molar-refractivity contribution in [1.82, 2.24) is 10.2 Å². The Morgan fingerprint density at radius 3 is 2.64 bits per heavy atom. The number of imide groups is 1. The van der Waals surface area contributed by atoms with Crippen molar-refractivity contribution in [2.75, 3.05) is 13.7 Å². The summed E-state index contributed by atoms with van der Waals surface area (Å²) in [6, 6.07) is 8.84. The normalized spacial score (nSPS) is 15.1. The first-order valence-corrected chi connectivity index (χ1v) is 9.32. The van der Waals surface area contributed by atoms with E-state index in [1.165, 1.54) is 25.3 Å². The van der Waals surface area contributed by atoms with Crippen LogP contribution in [0.3, 0.4) is 0 Å². The number of amides is 3. The van der Waals surface area contributed by atoms with E-state index in [4.69, 9.17) is 9.47 Å². The first-order valence-electron chi connectivity index (χ1n) is 8.52. The molecule has 0 atom stereocenters. The highest BCUT2D eigenvalue weighted by molar-refractivity contribution is 9.10. The summed E-state index contributed by atoms with van der Waals surface area (Å²) in [6.07, 6.45) is 1.54. The molecule has 8 heteroatoms. The zero-order chi connectivity index (χ0) is 20.3. The van der Waals surface area contributed by atoms with Gasteiger partial charge < -0.3 is 14.8 Å². The summed E-state index contributed by atoms with van der Waals surface area (Å²) >= 11 is 3.43. The predicted molar refractivity (Wildman–Crippen MR) is 105 cm³/mol. The van der Waals surface area contributed by atoms with Gasteiger partial charge in [-0.05, 0) is 36.8 Å². The molecule has 3 amide bonds. The van der Waals surface area contributed by atoms with Gasteiger partial charge >= 0.3 is 6.03 Å². The van der Waals surface area contributed by atoms with Crippen molar-refractivity contribution in [3.8, 4) is 11.5 Å². The Kier molecular flexibility index (Phi) is 5.99. The summed E-state index contributed by atoms with van der Waals surface area (Å²) in [5, 5.41) is 2.53. The average Bonchev–Trinajstić information content (AvgIpc) is 2.93. The smallest absolute Gasteiger partial charge is 0.329 e. The summed E-state index contributed by atoms with van der Waals surface area (Å²) in [5.74, 6) is 0.0487. The number of ether oxygens (including phenoxy) is 2. The van der Waals surface area contributed by atoms with E-state index in [0.29, 0.717) is 28.1 Å². The van der Waals surface area contributed by atoms with Crippen LogP contribution >= 0.6 is 15.9 Å². The number of methoxy groups -OCH3 is 1. The van der Waals surface area contributed by atoms with Crippen molar-refractivity contribution >= 4 is 33.9 Å². The fraction of sp³-hybridized carbons (Fsp3) is 0.200. The van der Waals surface area contributed by atoms with Crippen molar-refractivity contribution in [2.24, 2.45) is 0 Å². The highest BCUT2D eigenvalue weighted by atomic mass is 79.9. The lowest BCUT2D eigenvalue weighted by molar-refractivity contribution is -0.123. The Morgan fingerprint density at radius 2 is 1.96 bits per heavy atom. The van der Waals surface area contributed by atoms with Gasteiger partial charge in [0, 0.05) is 10.0 Å². The van der Waals surface area contributed by atoms with Crippen LogP contribution in [0, 0.1) is 5.82 Å². The van der Waals surface area contributed by atoms with Crippen LogP contribution < -0.4 is 14.8 Å². The lowest BCUT2D eigenvalue weighted by Gasteiger charge is -2.12. The molecule has 0 unspecified atom stereocenters. The summed E-state index contributed by atoms with van der Waals surface area (Å²) in [5.41, 5.74) is 0.979. The molecule has 2 aromatic carbocycles. The van der Waals surface area contributed by atoms with E-state index in [9.17, 15) is 14.0 Å². The van der Waals surface area contributed by atoms with Gasteiger partial charge in [-0.1, -0.05) is 34.1 Å². The highest BCUT2D eigenvalue weighted by Gasteiger charge is 2.34. The molecule has 1 aliphatic rings. The fourth-order valence-corrected chi connectivity index (χ4v) is 3.19. The first kappa shape index (κ1) is 19.9. The van der Waals surface area contributed by atoms with Crippen LogP contribution in [0.5, 0.6) is 11.5 Å². The third kappa shape index (κ3) is 4.01. The Bertz CT molecular complexity index is 961. The summed E-state index contributed by atoms with van der Waals surface area (Å²) in [4.78, 5) is 25.9. The van der Waals surface area contributed by atoms with E-state index in [1.54, 1.807) is 24.3 Å². The Morgan fingerprint density at radius 1 is 1.21 bits per heavy atom. The lowest BCUT2D eigenvalue weighted by Crippen LogP contribution is -2.30. The van der Waals surface area contributed by atoms with Crippen LogP contribution in [-0.4, -0.2) is 30.6 Å². The van der Waals surface area contributed by atoms with E-state index in [0.717, 1.165) is 4.90 Å². The molecule has 3 rings (SSSR count). The second kappa shape index (κ2) is 8.43. The van der Waals surface area contributed by atoms with Crippen LogP contribution in [0.2, 0.25) is 0 Å². The largest absolute Gasteiger partial charge is 0.493 e. The summed E-state index contributed by atoms with van der Waals surface area (Å²) < 4.78 is 25.4. The molecular weight excluding hydrogens is 431 g/mol. The van der Waals surface area contributed by atoms with Crippen molar-refractivity contribution < 1.29 is 23.5 Å². The van der Waals surface area contributed by atoms with Gasteiger partial charge in [-0.15, -0.1) is 0 Å². The minimum atomic E-state index is -0.603. The van der Waals surface area contributed by atoms with Gasteiger partial charge in [-0.25, -0.2) is 9.18 Å². The van der Waals surface area contributed by atoms with Crippen molar-refractivity contribution in [3.05, 3.63) is 63.5 Å². The molecule has 0 aromatic heterocycles. The fourth-order valence-electron chi connectivity index (χ4n) is 2.76. The lowest BCUT2D eigenvalue weighted by atomic mass is 10.1. The number of rotatable bonds is 6. The summed E-state index contributed by atoms with van der Waals surface area (Å²) in [6.45, 7) is 2.14. The standard InChI is InChI=1S/C20H18BrFN2O4/c1-3-28-18-9-13(14(21)10-17(18)27-2)8-16-19(25)24(20(26)23-16)11-12-6-4-5-7-15(12)22/h4-10H,3,11H2,1-2H3,(H,23,26)/b16-8-. The van der Waals surface area contributed by atoms with Crippen LogP contribution in [-0.2, 0) is 11.3 Å². The Labute approximate surface area is 170 Å². The number of benzene rings is 2. The first-order chi connectivity index (χ1) is 13.4. The van der Waals surface area contributed by atoms with Gasteiger partial charge in [0.05, 0.1) is 20.3 Å². The third-order valence-corrected chi connectivity index (χ3v) is 4.82. The molecule has 0 aliphatic carbocycles. The second-order valence-electron chi connectivity index (χ2n) is 5.93. The van der Waals surface area contributed by atoms with Crippen molar-refractivity contribution in [2.45, 2.75) is 13.5 Å². The molecule has 0 bridgehead atoms. The third-order valence-electron chi connectivity index (χ3n) is 4.13. The Hall–Kier alpha value is -2.87. The summed E-state index contributed by atoms with van der Waals surface area (Å²) in [7, 11) is 1.53. The van der Waals surface area contributed by atoms with Gasteiger partial charge in [-0.3, -0.25) is 9.69 Å². The molecule has 1 N–H and O–H groups in total. The van der Waals surface area contributed by atoms with Crippen molar-refractivity contribution in [3.63, 3.8) is 0 Å². The van der Waals surface area contributed by atoms with Gasteiger partial charge in [0.25, 0.3) is 5.91 Å². The van der Waals surface area contributed by atoms with E-state index in [2.05, 4.69) is 21.2 Å². The number of halogens is 2. The molecule has 0 radical (unpaired) electrons. The quantitative estimate of drug-likeness (QED) is 0.533. The second-order valence-corrected chi connectivity index (χ2v) is 6.78. The van der Waals surface area contributed by atoms with E-state index < -0.39 is 17.8 Å². The molecular formula is C20H18BrFN2O4. The van der Waals surface area contributed by atoms with Crippen LogP contribution in [0.25, 0.3) is 6.08 Å². The number of carbonyl (C=O) groups is 2. The molecule has 1 aliphatic heterocycles. The average molecular weight is 449 g/mol.